The number of aliphatic imine (C=N–C) groups is 1. The van der Waals surface area contributed by atoms with Crippen LogP contribution in [0.1, 0.15) is 12.0 Å². The second-order valence-corrected chi connectivity index (χ2v) is 4.36. The van der Waals surface area contributed by atoms with Gasteiger partial charge in [0.25, 0.3) is 0 Å². The Labute approximate surface area is 142 Å². The molecule has 1 aliphatic rings. The molecule has 2 N–H and O–H groups in total. The van der Waals surface area contributed by atoms with E-state index >= 15 is 0 Å². The topological polar surface area (TPSA) is 64.1 Å². The maximum Gasteiger partial charge on any atom is 0.203 e. The van der Waals surface area contributed by atoms with E-state index in [1.165, 1.54) is 0 Å². The fraction of sp³-hybridized carbons (Fsp3) is 0.500. The SMILES string of the molecule is COc1ccc(CNC2=NCCCN2)c(OC)c1OC.I. The van der Waals surface area contributed by atoms with Crippen molar-refractivity contribution in [1.82, 2.24) is 10.6 Å². The molecule has 0 aliphatic carbocycles. The molecule has 0 amide bonds. The van der Waals surface area contributed by atoms with E-state index in [0.29, 0.717) is 23.8 Å². The normalized spacial score (nSPS) is 13.4. The number of nitrogens with one attached hydrogen (secondary N) is 2. The molecule has 0 aromatic heterocycles. The zero-order chi connectivity index (χ0) is 14.4. The Morgan fingerprint density at radius 2 is 1.90 bits per heavy atom. The summed E-state index contributed by atoms with van der Waals surface area (Å²) in [4.78, 5) is 4.37. The number of hydrogen-bond donors (Lipinski definition) is 2. The quantitative estimate of drug-likeness (QED) is 0.729. The first-order valence-corrected chi connectivity index (χ1v) is 6.60. The lowest BCUT2D eigenvalue weighted by Crippen LogP contribution is -2.40. The lowest BCUT2D eigenvalue weighted by molar-refractivity contribution is 0.322. The average Bonchev–Trinajstić information content (AvgIpc) is 2.52. The van der Waals surface area contributed by atoms with Crippen molar-refractivity contribution in [3.63, 3.8) is 0 Å². The van der Waals surface area contributed by atoms with E-state index in [4.69, 9.17) is 14.2 Å². The van der Waals surface area contributed by atoms with Crippen molar-refractivity contribution in [3.05, 3.63) is 17.7 Å². The van der Waals surface area contributed by atoms with Gasteiger partial charge in [0.2, 0.25) is 5.75 Å². The molecule has 1 heterocycles. The number of halogens is 1. The Kier molecular flexibility index (Phi) is 7.41. The molecule has 0 unspecified atom stereocenters. The van der Waals surface area contributed by atoms with Crippen LogP contribution in [0.15, 0.2) is 17.1 Å². The fourth-order valence-electron chi connectivity index (χ4n) is 2.13. The molecule has 118 valence electrons. The van der Waals surface area contributed by atoms with Gasteiger partial charge in [-0.25, -0.2) is 0 Å². The number of hydrogen-bond acceptors (Lipinski definition) is 6. The number of benzene rings is 1. The third-order valence-corrected chi connectivity index (χ3v) is 3.13. The summed E-state index contributed by atoms with van der Waals surface area (Å²) in [5.41, 5.74) is 0.986. The lowest BCUT2D eigenvalue weighted by atomic mass is 10.1. The average molecular weight is 407 g/mol. The predicted molar refractivity (Wildman–Crippen MR) is 93.3 cm³/mol. The first-order valence-electron chi connectivity index (χ1n) is 6.60. The summed E-state index contributed by atoms with van der Waals surface area (Å²) in [5, 5.41) is 6.48. The van der Waals surface area contributed by atoms with E-state index in [1.807, 2.05) is 12.1 Å². The van der Waals surface area contributed by atoms with Crippen molar-refractivity contribution in [2.45, 2.75) is 13.0 Å². The molecule has 1 aromatic rings. The van der Waals surface area contributed by atoms with Gasteiger partial charge in [-0.3, -0.25) is 4.99 Å². The first-order chi connectivity index (χ1) is 9.80. The lowest BCUT2D eigenvalue weighted by Gasteiger charge is -2.19. The molecule has 0 spiro atoms. The minimum Gasteiger partial charge on any atom is -0.493 e. The molecule has 0 bridgehead atoms. The van der Waals surface area contributed by atoms with Gasteiger partial charge >= 0.3 is 0 Å². The highest BCUT2D eigenvalue weighted by Gasteiger charge is 2.16. The van der Waals surface area contributed by atoms with Crippen molar-refractivity contribution >= 4 is 29.9 Å². The standard InChI is InChI=1S/C14H21N3O3.HI/c1-18-11-6-5-10(12(19-2)13(11)20-3)9-17-14-15-7-4-8-16-14;/h5-6H,4,7-9H2,1-3H3,(H2,15,16,17);1H. The van der Waals surface area contributed by atoms with Crippen LogP contribution in [-0.2, 0) is 6.54 Å². The summed E-state index contributed by atoms with van der Waals surface area (Å²) in [6.07, 6.45) is 1.07. The molecular weight excluding hydrogens is 385 g/mol. The number of guanidine groups is 1. The van der Waals surface area contributed by atoms with E-state index in [1.54, 1.807) is 21.3 Å². The monoisotopic (exact) mass is 407 g/mol. The molecule has 0 radical (unpaired) electrons. The van der Waals surface area contributed by atoms with E-state index in [9.17, 15) is 0 Å². The van der Waals surface area contributed by atoms with Crippen molar-refractivity contribution < 1.29 is 14.2 Å². The number of rotatable bonds is 5. The van der Waals surface area contributed by atoms with Gasteiger partial charge in [-0.2, -0.15) is 0 Å². The van der Waals surface area contributed by atoms with Crippen molar-refractivity contribution in [1.29, 1.82) is 0 Å². The van der Waals surface area contributed by atoms with Crippen LogP contribution in [0.2, 0.25) is 0 Å². The second kappa shape index (κ2) is 8.81. The zero-order valence-corrected chi connectivity index (χ0v) is 14.9. The molecule has 1 aromatic carbocycles. The number of methoxy groups -OCH3 is 3. The minimum atomic E-state index is 0. The smallest absolute Gasteiger partial charge is 0.203 e. The Bertz CT molecular complexity index is 495. The van der Waals surface area contributed by atoms with Gasteiger partial charge in [-0.1, -0.05) is 0 Å². The van der Waals surface area contributed by atoms with E-state index < -0.39 is 0 Å². The summed E-state index contributed by atoms with van der Waals surface area (Å²) >= 11 is 0. The van der Waals surface area contributed by atoms with Crippen LogP contribution in [0.3, 0.4) is 0 Å². The van der Waals surface area contributed by atoms with Crippen LogP contribution in [0, 0.1) is 0 Å². The predicted octanol–water partition coefficient (Wildman–Crippen LogP) is 1.77. The Hall–Kier alpha value is -1.38. The third kappa shape index (κ3) is 4.29. The van der Waals surface area contributed by atoms with Gasteiger partial charge in [-0.15, -0.1) is 24.0 Å². The largest absolute Gasteiger partial charge is 0.493 e. The van der Waals surface area contributed by atoms with Gasteiger partial charge in [-0.05, 0) is 18.6 Å². The van der Waals surface area contributed by atoms with Crippen LogP contribution in [-0.4, -0.2) is 40.4 Å². The molecule has 2 rings (SSSR count). The first kappa shape index (κ1) is 17.7. The van der Waals surface area contributed by atoms with Crippen molar-refractivity contribution in [2.75, 3.05) is 34.4 Å². The van der Waals surface area contributed by atoms with Gasteiger partial charge in [0.05, 0.1) is 21.3 Å². The van der Waals surface area contributed by atoms with Gasteiger partial charge < -0.3 is 24.8 Å². The van der Waals surface area contributed by atoms with Crippen molar-refractivity contribution in [2.24, 2.45) is 4.99 Å². The summed E-state index contributed by atoms with van der Waals surface area (Å²) in [6, 6.07) is 3.82. The fourth-order valence-corrected chi connectivity index (χ4v) is 2.13. The van der Waals surface area contributed by atoms with E-state index in [0.717, 1.165) is 31.0 Å². The molecular formula is C14H22IN3O3. The molecule has 0 saturated carbocycles. The Morgan fingerprint density at radius 1 is 1.14 bits per heavy atom. The molecule has 0 fully saturated rings. The maximum absolute atomic E-state index is 5.44. The molecule has 0 atom stereocenters. The van der Waals surface area contributed by atoms with Crippen LogP contribution in [0.4, 0.5) is 0 Å². The Balaban J connectivity index is 0.00000220. The van der Waals surface area contributed by atoms with Crippen LogP contribution < -0.4 is 24.8 Å². The molecule has 21 heavy (non-hydrogen) atoms. The van der Waals surface area contributed by atoms with Crippen molar-refractivity contribution in [3.8, 4) is 17.2 Å². The summed E-state index contributed by atoms with van der Waals surface area (Å²) < 4.78 is 16.1. The molecule has 0 saturated heterocycles. The third-order valence-electron chi connectivity index (χ3n) is 3.13. The number of ether oxygens (including phenoxy) is 3. The maximum atomic E-state index is 5.44. The van der Waals surface area contributed by atoms with E-state index in [2.05, 4.69) is 15.6 Å². The highest BCUT2D eigenvalue weighted by atomic mass is 127. The summed E-state index contributed by atoms with van der Waals surface area (Å²) in [6.45, 7) is 2.42. The Morgan fingerprint density at radius 3 is 2.48 bits per heavy atom. The zero-order valence-electron chi connectivity index (χ0n) is 12.6. The summed E-state index contributed by atoms with van der Waals surface area (Å²) in [5.74, 6) is 2.76. The van der Waals surface area contributed by atoms with Gasteiger partial charge in [0, 0.05) is 25.2 Å². The second-order valence-electron chi connectivity index (χ2n) is 4.36. The highest BCUT2D eigenvalue weighted by molar-refractivity contribution is 14.0. The van der Waals surface area contributed by atoms with Crippen LogP contribution in [0.5, 0.6) is 17.2 Å². The molecule has 6 nitrogen and oxygen atoms in total. The van der Waals surface area contributed by atoms with E-state index in [-0.39, 0.29) is 24.0 Å². The number of nitrogens with zero attached hydrogens (tertiary/aromatic N) is 1. The molecule has 1 aliphatic heterocycles. The summed E-state index contributed by atoms with van der Waals surface area (Å²) in [7, 11) is 4.83. The highest BCUT2D eigenvalue weighted by Crippen LogP contribution is 2.39. The molecule has 7 heteroatoms. The van der Waals surface area contributed by atoms with Crippen LogP contribution >= 0.6 is 24.0 Å². The van der Waals surface area contributed by atoms with Gasteiger partial charge in [0.15, 0.2) is 17.5 Å². The van der Waals surface area contributed by atoms with Crippen LogP contribution in [0.25, 0.3) is 0 Å². The minimum absolute atomic E-state index is 0. The van der Waals surface area contributed by atoms with Gasteiger partial charge in [0.1, 0.15) is 0 Å².